The molecule has 3 fully saturated rings. The summed E-state index contributed by atoms with van der Waals surface area (Å²) in [4.78, 5) is 14.7. The van der Waals surface area contributed by atoms with Gasteiger partial charge in [0.05, 0.1) is 6.10 Å². The predicted molar refractivity (Wildman–Crippen MR) is 73.9 cm³/mol. The Labute approximate surface area is 115 Å². The molecule has 4 heteroatoms. The van der Waals surface area contributed by atoms with Gasteiger partial charge in [-0.05, 0) is 52.4 Å². The molecule has 0 aromatic carbocycles. The van der Waals surface area contributed by atoms with Crippen molar-refractivity contribution in [2.45, 2.75) is 82.7 Å². The van der Waals surface area contributed by atoms with E-state index in [1.807, 2.05) is 0 Å². The lowest BCUT2D eigenvalue weighted by atomic mass is 9.97. The fraction of sp³-hybridized carbons (Fsp3) is 0.933. The number of piperidine rings is 1. The van der Waals surface area contributed by atoms with E-state index in [4.69, 9.17) is 4.74 Å². The molecule has 3 aliphatic heterocycles. The Hall–Kier alpha value is -0.610. The number of nitrogens with one attached hydrogen (secondary N) is 1. The minimum Gasteiger partial charge on any atom is -0.365 e. The highest BCUT2D eigenvalue weighted by molar-refractivity contribution is 5.81. The Kier molecular flexibility index (Phi) is 3.81. The first-order valence-corrected chi connectivity index (χ1v) is 7.89. The second-order valence-corrected chi connectivity index (χ2v) is 6.40. The van der Waals surface area contributed by atoms with Gasteiger partial charge in [-0.2, -0.15) is 0 Å². The van der Waals surface area contributed by atoms with Crippen LogP contribution in [0.4, 0.5) is 0 Å². The first-order valence-electron chi connectivity index (χ1n) is 7.89. The third-order valence-electron chi connectivity index (χ3n) is 5.02. The molecule has 0 aromatic rings. The summed E-state index contributed by atoms with van der Waals surface area (Å²) in [7, 11) is 0. The Bertz CT molecular complexity index is 335. The Balaban J connectivity index is 1.65. The molecule has 4 unspecified atom stereocenters. The van der Waals surface area contributed by atoms with E-state index >= 15 is 0 Å². The van der Waals surface area contributed by atoms with Crippen LogP contribution in [0.15, 0.2) is 0 Å². The summed E-state index contributed by atoms with van der Waals surface area (Å²) in [6.45, 7) is 4.98. The van der Waals surface area contributed by atoms with E-state index in [9.17, 15) is 4.79 Å². The molecule has 3 heterocycles. The number of amides is 1. The second-order valence-electron chi connectivity index (χ2n) is 6.40. The molecule has 19 heavy (non-hydrogen) atoms. The number of likely N-dealkylation sites (N-methyl/N-ethyl adjacent to an activating group) is 1. The first-order chi connectivity index (χ1) is 9.17. The van der Waals surface area contributed by atoms with Crippen LogP contribution in [0, 0.1) is 0 Å². The standard InChI is InChI=1S/C15H26N2O2/c1-3-17(15(18)14-7-4-10(2)19-14)13-8-11-5-6-12(9-13)16-11/h10-14,16H,3-9H2,1-2H3. The van der Waals surface area contributed by atoms with Crippen molar-refractivity contribution in [1.82, 2.24) is 10.2 Å². The summed E-state index contributed by atoms with van der Waals surface area (Å²) < 4.78 is 5.76. The third kappa shape index (κ3) is 2.65. The largest absolute Gasteiger partial charge is 0.365 e. The maximum Gasteiger partial charge on any atom is 0.251 e. The molecule has 1 amide bonds. The first kappa shape index (κ1) is 13.4. The third-order valence-corrected chi connectivity index (χ3v) is 5.02. The van der Waals surface area contributed by atoms with Crippen LogP contribution in [-0.4, -0.2) is 47.7 Å². The van der Waals surface area contributed by atoms with E-state index in [0.717, 1.165) is 32.2 Å². The van der Waals surface area contributed by atoms with Crippen LogP contribution in [-0.2, 0) is 9.53 Å². The lowest BCUT2D eigenvalue weighted by Gasteiger charge is -2.38. The lowest BCUT2D eigenvalue weighted by molar-refractivity contribution is -0.145. The van der Waals surface area contributed by atoms with Crippen LogP contribution >= 0.6 is 0 Å². The SMILES string of the molecule is CCN(C(=O)C1CCC(C)O1)C1CC2CCC(C1)N2. The Morgan fingerprint density at radius 1 is 1.21 bits per heavy atom. The van der Waals surface area contributed by atoms with Crippen LogP contribution in [0.3, 0.4) is 0 Å². The molecule has 3 aliphatic rings. The number of hydrogen-bond donors (Lipinski definition) is 1. The van der Waals surface area contributed by atoms with Crippen molar-refractivity contribution in [1.29, 1.82) is 0 Å². The van der Waals surface area contributed by atoms with E-state index in [1.54, 1.807) is 0 Å². The zero-order valence-corrected chi connectivity index (χ0v) is 12.1. The summed E-state index contributed by atoms with van der Waals surface area (Å²) in [6, 6.07) is 1.69. The number of hydrogen-bond acceptors (Lipinski definition) is 3. The van der Waals surface area contributed by atoms with Crippen LogP contribution < -0.4 is 5.32 Å². The topological polar surface area (TPSA) is 41.6 Å². The van der Waals surface area contributed by atoms with Crippen LogP contribution in [0.5, 0.6) is 0 Å². The minimum absolute atomic E-state index is 0.178. The highest BCUT2D eigenvalue weighted by atomic mass is 16.5. The average Bonchev–Trinajstić information content (AvgIpc) is 2.97. The fourth-order valence-corrected chi connectivity index (χ4v) is 4.04. The van der Waals surface area contributed by atoms with Gasteiger partial charge < -0.3 is 15.0 Å². The summed E-state index contributed by atoms with van der Waals surface area (Å²) >= 11 is 0. The molecule has 3 saturated heterocycles. The van der Waals surface area contributed by atoms with E-state index < -0.39 is 0 Å². The highest BCUT2D eigenvalue weighted by Gasteiger charge is 2.39. The smallest absolute Gasteiger partial charge is 0.251 e. The molecule has 0 spiro atoms. The maximum absolute atomic E-state index is 12.6. The van der Waals surface area contributed by atoms with E-state index in [2.05, 4.69) is 24.1 Å². The van der Waals surface area contributed by atoms with Gasteiger partial charge in [-0.1, -0.05) is 0 Å². The van der Waals surface area contributed by atoms with Gasteiger partial charge in [0.1, 0.15) is 6.10 Å². The van der Waals surface area contributed by atoms with Crippen molar-refractivity contribution in [2.75, 3.05) is 6.54 Å². The molecule has 2 bridgehead atoms. The summed E-state index contributed by atoms with van der Waals surface area (Å²) in [5.41, 5.74) is 0. The molecule has 0 aromatic heterocycles. The summed E-state index contributed by atoms with van der Waals surface area (Å²) in [5.74, 6) is 0.234. The van der Waals surface area contributed by atoms with Gasteiger partial charge in [0, 0.05) is 24.7 Å². The molecule has 0 radical (unpaired) electrons. The van der Waals surface area contributed by atoms with E-state index in [-0.39, 0.29) is 18.1 Å². The quantitative estimate of drug-likeness (QED) is 0.845. The molecule has 3 rings (SSSR count). The highest BCUT2D eigenvalue weighted by Crippen LogP contribution is 2.31. The number of carbonyl (C=O) groups is 1. The normalized spacial score (nSPS) is 41.5. The zero-order valence-electron chi connectivity index (χ0n) is 12.1. The van der Waals surface area contributed by atoms with E-state index in [0.29, 0.717) is 18.1 Å². The summed E-state index contributed by atoms with van der Waals surface area (Å²) in [5, 5.41) is 3.65. The monoisotopic (exact) mass is 266 g/mol. The van der Waals surface area contributed by atoms with Gasteiger partial charge >= 0.3 is 0 Å². The fourth-order valence-electron chi connectivity index (χ4n) is 4.04. The number of ether oxygens (including phenoxy) is 1. The maximum atomic E-state index is 12.6. The number of fused-ring (bicyclic) bond motifs is 2. The van der Waals surface area contributed by atoms with Crippen LogP contribution in [0.2, 0.25) is 0 Å². The predicted octanol–water partition coefficient (Wildman–Crippen LogP) is 1.69. The van der Waals surface area contributed by atoms with Gasteiger partial charge in [0.25, 0.3) is 5.91 Å². The number of carbonyl (C=O) groups excluding carboxylic acids is 1. The van der Waals surface area contributed by atoms with Crippen molar-refractivity contribution in [3.63, 3.8) is 0 Å². The molecule has 108 valence electrons. The molecular formula is C15H26N2O2. The molecule has 0 aliphatic carbocycles. The van der Waals surface area contributed by atoms with Crippen molar-refractivity contribution in [3.8, 4) is 0 Å². The Morgan fingerprint density at radius 2 is 1.89 bits per heavy atom. The second kappa shape index (κ2) is 5.41. The van der Waals surface area contributed by atoms with Gasteiger partial charge in [0.2, 0.25) is 0 Å². The zero-order chi connectivity index (χ0) is 13.4. The van der Waals surface area contributed by atoms with Crippen molar-refractivity contribution in [3.05, 3.63) is 0 Å². The lowest BCUT2D eigenvalue weighted by Crippen LogP contribution is -2.52. The van der Waals surface area contributed by atoms with Gasteiger partial charge in [0.15, 0.2) is 0 Å². The molecular weight excluding hydrogens is 240 g/mol. The molecule has 4 nitrogen and oxygen atoms in total. The number of nitrogens with zero attached hydrogens (tertiary/aromatic N) is 1. The van der Waals surface area contributed by atoms with Crippen molar-refractivity contribution in [2.24, 2.45) is 0 Å². The van der Waals surface area contributed by atoms with Crippen molar-refractivity contribution < 1.29 is 9.53 Å². The minimum atomic E-state index is -0.178. The van der Waals surface area contributed by atoms with Gasteiger partial charge in [-0.25, -0.2) is 0 Å². The molecule has 0 saturated carbocycles. The Morgan fingerprint density at radius 3 is 2.42 bits per heavy atom. The van der Waals surface area contributed by atoms with Crippen LogP contribution in [0.25, 0.3) is 0 Å². The molecule has 4 atom stereocenters. The van der Waals surface area contributed by atoms with Crippen LogP contribution in [0.1, 0.15) is 52.4 Å². The van der Waals surface area contributed by atoms with Gasteiger partial charge in [-0.15, -0.1) is 0 Å². The molecule has 1 N–H and O–H groups in total. The average molecular weight is 266 g/mol. The number of rotatable bonds is 3. The van der Waals surface area contributed by atoms with Crippen molar-refractivity contribution >= 4 is 5.91 Å². The van der Waals surface area contributed by atoms with E-state index in [1.165, 1.54) is 12.8 Å². The summed E-state index contributed by atoms with van der Waals surface area (Å²) in [6.07, 6.45) is 6.80. The van der Waals surface area contributed by atoms with Gasteiger partial charge in [-0.3, -0.25) is 4.79 Å².